The molecule has 0 spiro atoms. The summed E-state index contributed by atoms with van der Waals surface area (Å²) in [5, 5.41) is 25.6. The van der Waals surface area contributed by atoms with Gasteiger partial charge in [0, 0.05) is 19.0 Å². The number of benzene rings is 2. The van der Waals surface area contributed by atoms with Gasteiger partial charge in [-0.25, -0.2) is 4.79 Å². The number of ether oxygens (including phenoxy) is 1. The van der Waals surface area contributed by atoms with E-state index in [1.54, 1.807) is 45.0 Å². The van der Waals surface area contributed by atoms with Crippen molar-refractivity contribution in [3.8, 4) is 11.5 Å². The molecular weight excluding hydrogens is 522 g/mol. The van der Waals surface area contributed by atoms with E-state index >= 15 is 0 Å². The summed E-state index contributed by atoms with van der Waals surface area (Å²) in [6, 6.07) is 10.4. The predicted octanol–water partition coefficient (Wildman–Crippen LogP) is 5.60. The molecule has 226 valence electrons. The number of phenols is 2. The number of nitrogens with one attached hydrogen (secondary N) is 2. The topological polar surface area (TPSA) is 128 Å². The number of carbonyl (C=O) groups excluding carboxylic acids is 3. The highest BCUT2D eigenvalue weighted by atomic mass is 16.6. The van der Waals surface area contributed by atoms with E-state index in [9.17, 15) is 24.6 Å². The molecule has 9 heteroatoms. The minimum absolute atomic E-state index is 0.0206. The van der Waals surface area contributed by atoms with E-state index in [1.807, 2.05) is 13.8 Å². The molecule has 9 nitrogen and oxygen atoms in total. The molecule has 2 unspecified atom stereocenters. The van der Waals surface area contributed by atoms with Crippen molar-refractivity contribution < 1.29 is 29.3 Å². The van der Waals surface area contributed by atoms with Gasteiger partial charge in [0.15, 0.2) is 0 Å². The first-order valence-electron chi connectivity index (χ1n) is 14.5. The number of rotatable bonds is 14. The lowest BCUT2D eigenvalue weighted by molar-refractivity contribution is -0.142. The zero-order valence-corrected chi connectivity index (χ0v) is 25.3. The summed E-state index contributed by atoms with van der Waals surface area (Å²) in [7, 11) is 0. The molecule has 0 fully saturated rings. The Kier molecular flexibility index (Phi) is 13.0. The average Bonchev–Trinajstić information content (AvgIpc) is 2.86. The van der Waals surface area contributed by atoms with Gasteiger partial charge in [0.05, 0.1) is 0 Å². The van der Waals surface area contributed by atoms with E-state index in [0.717, 1.165) is 25.7 Å². The lowest BCUT2D eigenvalue weighted by atomic mass is 9.99. The van der Waals surface area contributed by atoms with Crippen LogP contribution in [-0.2, 0) is 20.7 Å². The largest absolute Gasteiger partial charge is 0.508 e. The molecule has 41 heavy (non-hydrogen) atoms. The zero-order chi connectivity index (χ0) is 30.6. The van der Waals surface area contributed by atoms with Crippen molar-refractivity contribution >= 4 is 17.9 Å². The lowest BCUT2D eigenvalue weighted by Crippen LogP contribution is -2.54. The molecule has 0 aromatic heterocycles. The van der Waals surface area contributed by atoms with E-state index in [1.165, 1.54) is 29.2 Å². The number of nitrogens with zero attached hydrogens (tertiary/aromatic N) is 1. The molecule has 0 radical (unpaired) electrons. The molecule has 0 aliphatic rings. The smallest absolute Gasteiger partial charge is 0.408 e. The Bertz CT molecular complexity index is 1130. The number of hydrogen-bond acceptors (Lipinski definition) is 6. The summed E-state index contributed by atoms with van der Waals surface area (Å²) in [6.45, 7) is 11.3. The third kappa shape index (κ3) is 11.7. The Morgan fingerprint density at radius 2 is 1.56 bits per heavy atom. The van der Waals surface area contributed by atoms with Gasteiger partial charge in [-0.3, -0.25) is 9.59 Å². The van der Waals surface area contributed by atoms with Crippen molar-refractivity contribution in [3.05, 3.63) is 59.7 Å². The van der Waals surface area contributed by atoms with Gasteiger partial charge in [0.2, 0.25) is 11.8 Å². The van der Waals surface area contributed by atoms with Crippen LogP contribution in [-0.4, -0.2) is 57.3 Å². The Labute approximate surface area is 244 Å². The first-order chi connectivity index (χ1) is 19.3. The van der Waals surface area contributed by atoms with Crippen molar-refractivity contribution in [2.24, 2.45) is 0 Å². The molecule has 2 rings (SSSR count). The fourth-order valence-corrected chi connectivity index (χ4v) is 4.50. The fraction of sp³-hybridized carbons (Fsp3) is 0.531. The standard InChI is InChI=1S/C32H47N3O6/c1-7-8-9-10-11-19-35(28(29(38)33-22(2)3)24-13-12-14-26(37)21-24)30(39)27(34-31(40)41-32(4,5)6)20-23-15-17-25(36)18-16-23/h12-18,21-22,27-28,36-37H,7-11,19-20H2,1-6H3,(H,33,38)(H,34,40). The number of alkyl carbamates (subject to hydrolysis) is 1. The second-order valence-electron chi connectivity index (χ2n) is 11.7. The van der Waals surface area contributed by atoms with E-state index in [2.05, 4.69) is 17.6 Å². The van der Waals surface area contributed by atoms with Gasteiger partial charge in [-0.05, 0) is 76.4 Å². The van der Waals surface area contributed by atoms with Gasteiger partial charge in [-0.1, -0.05) is 56.9 Å². The van der Waals surface area contributed by atoms with E-state index in [-0.39, 0.29) is 36.4 Å². The normalized spacial score (nSPS) is 12.9. The van der Waals surface area contributed by atoms with Crippen LogP contribution < -0.4 is 10.6 Å². The molecule has 0 aliphatic carbocycles. The van der Waals surface area contributed by atoms with Crippen LogP contribution in [0.5, 0.6) is 11.5 Å². The number of amides is 3. The summed E-state index contributed by atoms with van der Waals surface area (Å²) in [5.41, 5.74) is 0.391. The number of carbonyl (C=O) groups is 3. The van der Waals surface area contributed by atoms with Gasteiger partial charge >= 0.3 is 6.09 Å². The van der Waals surface area contributed by atoms with Crippen molar-refractivity contribution in [1.82, 2.24) is 15.5 Å². The van der Waals surface area contributed by atoms with Crippen LogP contribution in [0, 0.1) is 0 Å². The monoisotopic (exact) mass is 569 g/mol. The molecule has 3 amide bonds. The molecule has 0 saturated carbocycles. The third-order valence-corrected chi connectivity index (χ3v) is 6.33. The maximum Gasteiger partial charge on any atom is 0.408 e. The highest BCUT2D eigenvalue weighted by Crippen LogP contribution is 2.27. The molecule has 0 aliphatic heterocycles. The van der Waals surface area contributed by atoms with Gasteiger partial charge in [0.25, 0.3) is 0 Å². The SMILES string of the molecule is CCCCCCCN(C(=O)C(Cc1ccc(O)cc1)NC(=O)OC(C)(C)C)C(C(=O)NC(C)C)c1cccc(O)c1. The second-order valence-corrected chi connectivity index (χ2v) is 11.7. The van der Waals surface area contributed by atoms with Gasteiger partial charge in [0.1, 0.15) is 29.2 Å². The van der Waals surface area contributed by atoms with Crippen molar-refractivity contribution in [3.63, 3.8) is 0 Å². The van der Waals surface area contributed by atoms with Gasteiger partial charge in [-0.2, -0.15) is 0 Å². The second kappa shape index (κ2) is 15.9. The van der Waals surface area contributed by atoms with E-state index < -0.39 is 29.7 Å². The van der Waals surface area contributed by atoms with Crippen molar-refractivity contribution in [2.75, 3.05) is 6.54 Å². The Hall–Kier alpha value is -3.75. The maximum atomic E-state index is 14.4. The van der Waals surface area contributed by atoms with Crippen LogP contribution in [0.1, 0.15) is 90.8 Å². The first-order valence-corrected chi connectivity index (χ1v) is 14.5. The molecule has 2 aromatic rings. The molecule has 2 atom stereocenters. The molecule has 2 aromatic carbocycles. The van der Waals surface area contributed by atoms with Crippen LogP contribution in [0.2, 0.25) is 0 Å². The molecular formula is C32H47N3O6. The van der Waals surface area contributed by atoms with Gasteiger partial charge in [-0.15, -0.1) is 0 Å². The Balaban J connectivity index is 2.54. The van der Waals surface area contributed by atoms with Crippen LogP contribution in [0.4, 0.5) is 4.79 Å². The summed E-state index contributed by atoms with van der Waals surface area (Å²) < 4.78 is 5.47. The number of unbranched alkanes of at least 4 members (excludes halogenated alkanes) is 4. The minimum Gasteiger partial charge on any atom is -0.508 e. The number of hydrogen-bond donors (Lipinski definition) is 4. The van der Waals surface area contributed by atoms with Crippen LogP contribution in [0.15, 0.2) is 48.5 Å². The molecule has 0 heterocycles. The van der Waals surface area contributed by atoms with Gasteiger partial charge < -0.3 is 30.5 Å². The maximum absolute atomic E-state index is 14.4. The van der Waals surface area contributed by atoms with E-state index in [0.29, 0.717) is 17.5 Å². The first kappa shape index (κ1) is 33.5. The van der Waals surface area contributed by atoms with Crippen LogP contribution in [0.25, 0.3) is 0 Å². The highest BCUT2D eigenvalue weighted by Gasteiger charge is 2.36. The number of aromatic hydroxyl groups is 2. The van der Waals surface area contributed by atoms with Crippen molar-refractivity contribution in [2.45, 2.75) is 104 Å². The summed E-state index contributed by atoms with van der Waals surface area (Å²) >= 11 is 0. The minimum atomic E-state index is -1.06. The Morgan fingerprint density at radius 1 is 0.902 bits per heavy atom. The van der Waals surface area contributed by atoms with E-state index in [4.69, 9.17) is 4.74 Å². The zero-order valence-electron chi connectivity index (χ0n) is 25.3. The summed E-state index contributed by atoms with van der Waals surface area (Å²) in [4.78, 5) is 42.4. The predicted molar refractivity (Wildman–Crippen MR) is 160 cm³/mol. The molecule has 4 N–H and O–H groups in total. The third-order valence-electron chi connectivity index (χ3n) is 6.33. The fourth-order valence-electron chi connectivity index (χ4n) is 4.50. The highest BCUT2D eigenvalue weighted by molar-refractivity contribution is 5.92. The number of phenolic OH excluding ortho intramolecular Hbond substituents is 2. The molecule has 0 bridgehead atoms. The lowest BCUT2D eigenvalue weighted by Gasteiger charge is -2.35. The van der Waals surface area contributed by atoms with Crippen LogP contribution in [0.3, 0.4) is 0 Å². The average molecular weight is 570 g/mol. The Morgan fingerprint density at radius 3 is 2.15 bits per heavy atom. The summed E-state index contributed by atoms with van der Waals surface area (Å²) in [5.74, 6) is -0.771. The molecule has 0 saturated heterocycles. The van der Waals surface area contributed by atoms with Crippen molar-refractivity contribution in [1.29, 1.82) is 0 Å². The summed E-state index contributed by atoms with van der Waals surface area (Å²) in [6.07, 6.45) is 4.04. The van der Waals surface area contributed by atoms with Crippen LogP contribution >= 0.6 is 0 Å². The quantitative estimate of drug-likeness (QED) is 0.219.